The third-order valence-electron chi connectivity index (χ3n) is 1.48. The summed E-state index contributed by atoms with van der Waals surface area (Å²) in [6.07, 6.45) is 0.0283. The minimum atomic E-state index is -0.259. The topological polar surface area (TPSA) is 55.1 Å². The molecular formula is C9H9ClN2OS. The smallest absolute Gasteiger partial charge is 0.231 e. The first-order chi connectivity index (χ1) is 6.59. The third kappa shape index (κ3) is 3.32. The van der Waals surface area contributed by atoms with Crippen molar-refractivity contribution >= 4 is 40.4 Å². The fourth-order valence-electron chi connectivity index (χ4n) is 0.915. The molecule has 0 saturated carbocycles. The lowest BCUT2D eigenvalue weighted by Gasteiger charge is -2.05. The molecule has 0 aliphatic carbocycles. The van der Waals surface area contributed by atoms with Crippen LogP contribution < -0.4 is 11.1 Å². The number of nitrogens with two attached hydrogens (primary N) is 1. The van der Waals surface area contributed by atoms with Crippen molar-refractivity contribution in [3.05, 3.63) is 29.3 Å². The zero-order chi connectivity index (χ0) is 10.6. The lowest BCUT2D eigenvalue weighted by atomic mass is 10.3. The minimum Gasteiger partial charge on any atom is -0.393 e. The molecule has 1 rings (SSSR count). The van der Waals surface area contributed by atoms with Crippen molar-refractivity contribution in [2.24, 2.45) is 5.73 Å². The summed E-state index contributed by atoms with van der Waals surface area (Å²) in [5, 5.41) is 3.09. The summed E-state index contributed by atoms with van der Waals surface area (Å²) in [6, 6.07) is 6.96. The van der Waals surface area contributed by atoms with Crippen molar-refractivity contribution < 1.29 is 4.79 Å². The van der Waals surface area contributed by atoms with E-state index in [2.05, 4.69) is 17.5 Å². The molecule has 0 fully saturated rings. The van der Waals surface area contributed by atoms with Crippen molar-refractivity contribution in [2.75, 3.05) is 5.32 Å². The van der Waals surface area contributed by atoms with Gasteiger partial charge in [-0.1, -0.05) is 36.0 Å². The fraction of sp³-hybridized carbons (Fsp3) is 0.111. The molecule has 1 amide bonds. The fourth-order valence-corrected chi connectivity index (χ4v) is 1.23. The van der Waals surface area contributed by atoms with Gasteiger partial charge in [-0.25, -0.2) is 0 Å². The molecule has 3 N–H and O–H groups in total. The predicted octanol–water partition coefficient (Wildman–Crippen LogP) is 1.95. The van der Waals surface area contributed by atoms with E-state index < -0.39 is 0 Å². The average molecular weight is 229 g/mol. The van der Waals surface area contributed by atoms with Crippen LogP contribution in [0.5, 0.6) is 0 Å². The summed E-state index contributed by atoms with van der Waals surface area (Å²) in [5.74, 6) is -0.259. The first kappa shape index (κ1) is 10.9. The molecule has 0 heterocycles. The lowest BCUT2D eigenvalue weighted by molar-refractivity contribution is -0.115. The van der Waals surface area contributed by atoms with Crippen LogP contribution in [0.4, 0.5) is 5.69 Å². The van der Waals surface area contributed by atoms with Gasteiger partial charge in [0.05, 0.1) is 22.1 Å². The number of halogens is 1. The van der Waals surface area contributed by atoms with Gasteiger partial charge in [-0.3, -0.25) is 4.79 Å². The summed E-state index contributed by atoms with van der Waals surface area (Å²) in [4.78, 5) is 11.4. The molecule has 0 aromatic heterocycles. The molecule has 0 spiro atoms. The van der Waals surface area contributed by atoms with Gasteiger partial charge in [0.1, 0.15) is 0 Å². The highest BCUT2D eigenvalue weighted by Crippen LogP contribution is 2.20. The Morgan fingerprint density at radius 2 is 2.14 bits per heavy atom. The number of carbonyl (C=O) groups is 1. The number of nitrogens with one attached hydrogen (secondary N) is 1. The van der Waals surface area contributed by atoms with Gasteiger partial charge in [0.2, 0.25) is 5.91 Å². The maximum Gasteiger partial charge on any atom is 0.231 e. The van der Waals surface area contributed by atoms with Crippen LogP contribution in [0.25, 0.3) is 0 Å². The normalized spacial score (nSPS) is 9.50. The van der Waals surface area contributed by atoms with E-state index >= 15 is 0 Å². The van der Waals surface area contributed by atoms with Crippen LogP contribution in [0.15, 0.2) is 24.3 Å². The Labute approximate surface area is 92.2 Å². The Kier molecular flexibility index (Phi) is 3.85. The molecule has 0 unspecified atom stereocenters. The molecule has 0 radical (unpaired) electrons. The number of amides is 1. The SMILES string of the molecule is NC(=S)CC(=O)Nc1ccccc1Cl. The molecule has 0 aliphatic rings. The Balaban J connectivity index is 2.65. The number of hydrogen-bond acceptors (Lipinski definition) is 2. The first-order valence-electron chi connectivity index (χ1n) is 3.92. The molecule has 0 bridgehead atoms. The number of rotatable bonds is 3. The third-order valence-corrected chi connectivity index (χ3v) is 1.96. The number of benzene rings is 1. The zero-order valence-corrected chi connectivity index (χ0v) is 8.86. The van der Waals surface area contributed by atoms with E-state index in [-0.39, 0.29) is 17.3 Å². The molecule has 0 atom stereocenters. The number of carbonyl (C=O) groups excluding carboxylic acids is 1. The second-order valence-electron chi connectivity index (χ2n) is 2.67. The number of thiocarbonyl (C=S) groups is 1. The maximum absolute atomic E-state index is 11.2. The van der Waals surface area contributed by atoms with Crippen molar-refractivity contribution in [3.63, 3.8) is 0 Å². The highest BCUT2D eigenvalue weighted by atomic mass is 35.5. The van der Waals surface area contributed by atoms with Gasteiger partial charge in [0, 0.05) is 0 Å². The molecule has 3 nitrogen and oxygen atoms in total. The van der Waals surface area contributed by atoms with Crippen molar-refractivity contribution in [1.29, 1.82) is 0 Å². The standard InChI is InChI=1S/C9H9ClN2OS/c10-6-3-1-2-4-7(6)12-9(13)5-8(11)14/h1-4H,5H2,(H2,11,14)(H,12,13). The van der Waals surface area contributed by atoms with E-state index in [1.807, 2.05) is 0 Å². The van der Waals surface area contributed by atoms with Gasteiger partial charge in [-0.2, -0.15) is 0 Å². The van der Waals surface area contributed by atoms with Crippen LogP contribution in [0.1, 0.15) is 6.42 Å². The quantitative estimate of drug-likeness (QED) is 0.778. The van der Waals surface area contributed by atoms with Crippen molar-refractivity contribution in [3.8, 4) is 0 Å². The molecule has 5 heteroatoms. The van der Waals surface area contributed by atoms with Gasteiger partial charge in [0.25, 0.3) is 0 Å². The van der Waals surface area contributed by atoms with Crippen LogP contribution in [0.3, 0.4) is 0 Å². The Morgan fingerprint density at radius 3 is 2.71 bits per heavy atom. The lowest BCUT2D eigenvalue weighted by Crippen LogP contribution is -2.20. The Bertz CT molecular complexity index is 368. The Hall–Kier alpha value is -1.13. The molecule has 0 saturated heterocycles. The summed E-state index contributed by atoms with van der Waals surface area (Å²) >= 11 is 10.4. The molecule has 1 aromatic rings. The van der Waals surface area contributed by atoms with Crippen molar-refractivity contribution in [2.45, 2.75) is 6.42 Å². The summed E-state index contributed by atoms with van der Waals surface area (Å²) in [7, 11) is 0. The highest BCUT2D eigenvalue weighted by molar-refractivity contribution is 7.80. The molecule has 1 aromatic carbocycles. The molecular weight excluding hydrogens is 220 g/mol. The van der Waals surface area contributed by atoms with Crippen LogP contribution >= 0.6 is 23.8 Å². The zero-order valence-electron chi connectivity index (χ0n) is 7.29. The maximum atomic E-state index is 11.2. The number of anilines is 1. The number of para-hydroxylation sites is 1. The van der Waals surface area contributed by atoms with E-state index in [0.717, 1.165) is 0 Å². The summed E-state index contributed by atoms with van der Waals surface area (Å²) in [5.41, 5.74) is 5.79. The van der Waals surface area contributed by atoms with E-state index in [1.165, 1.54) is 0 Å². The Morgan fingerprint density at radius 1 is 1.50 bits per heavy atom. The molecule has 14 heavy (non-hydrogen) atoms. The van der Waals surface area contributed by atoms with Gasteiger partial charge in [0.15, 0.2) is 0 Å². The van der Waals surface area contributed by atoms with Crippen LogP contribution in [0.2, 0.25) is 5.02 Å². The van der Waals surface area contributed by atoms with Crippen LogP contribution in [0, 0.1) is 0 Å². The van der Waals surface area contributed by atoms with E-state index in [1.54, 1.807) is 24.3 Å². The summed E-state index contributed by atoms with van der Waals surface area (Å²) < 4.78 is 0. The molecule has 0 aliphatic heterocycles. The number of hydrogen-bond donors (Lipinski definition) is 2. The van der Waals surface area contributed by atoms with Gasteiger partial charge in [-0.05, 0) is 12.1 Å². The van der Waals surface area contributed by atoms with E-state index in [4.69, 9.17) is 17.3 Å². The predicted molar refractivity (Wildman–Crippen MR) is 61.5 cm³/mol. The van der Waals surface area contributed by atoms with Gasteiger partial charge in [-0.15, -0.1) is 0 Å². The van der Waals surface area contributed by atoms with E-state index in [9.17, 15) is 4.79 Å². The second kappa shape index (κ2) is 4.93. The first-order valence-corrected chi connectivity index (χ1v) is 4.71. The second-order valence-corrected chi connectivity index (χ2v) is 3.60. The van der Waals surface area contributed by atoms with Gasteiger partial charge >= 0.3 is 0 Å². The average Bonchev–Trinajstić information content (AvgIpc) is 2.07. The minimum absolute atomic E-state index is 0.0283. The largest absolute Gasteiger partial charge is 0.393 e. The van der Waals surface area contributed by atoms with Gasteiger partial charge < -0.3 is 11.1 Å². The van der Waals surface area contributed by atoms with Crippen molar-refractivity contribution in [1.82, 2.24) is 0 Å². The van der Waals surface area contributed by atoms with Crippen LogP contribution in [-0.2, 0) is 4.79 Å². The van der Waals surface area contributed by atoms with E-state index in [0.29, 0.717) is 10.7 Å². The monoisotopic (exact) mass is 228 g/mol. The molecule has 74 valence electrons. The highest BCUT2D eigenvalue weighted by Gasteiger charge is 2.05. The summed E-state index contributed by atoms with van der Waals surface area (Å²) in [6.45, 7) is 0. The van der Waals surface area contributed by atoms with Crippen LogP contribution in [-0.4, -0.2) is 10.9 Å².